The first-order valence-corrected chi connectivity index (χ1v) is 40.0. The van der Waals surface area contributed by atoms with Crippen LogP contribution in [0.15, 0.2) is 122 Å². The first kappa shape index (κ1) is 88.4. The Bertz CT molecular complexity index is 1930. The van der Waals surface area contributed by atoms with E-state index in [9.17, 15) is 19.0 Å². The summed E-state index contributed by atoms with van der Waals surface area (Å²) in [5.41, 5.74) is 5.41. The summed E-state index contributed by atoms with van der Waals surface area (Å²) in [6, 6.07) is 0. The Balaban J connectivity index is 3.90. The van der Waals surface area contributed by atoms with E-state index >= 15 is 0 Å². The Labute approximate surface area is 568 Å². The van der Waals surface area contributed by atoms with Crippen molar-refractivity contribution in [2.45, 2.75) is 360 Å². The van der Waals surface area contributed by atoms with Crippen LogP contribution in [0, 0.1) is 0 Å². The highest BCUT2D eigenvalue weighted by molar-refractivity contribution is 7.47. The number of hydrogen-bond acceptors (Lipinski definition) is 8. The molecule has 0 aromatic carbocycles. The standard InChI is InChI=1S/C82H144NO8P/c1-3-5-7-9-11-13-15-17-19-21-23-25-27-29-31-33-35-37-39-41-42-44-46-48-50-52-54-56-58-60-62-64-66-68-70-72-74-81(84)88-78-80(79-90-92(86,87)89-77-76-83)91-82(85)75-73-71-69-67-65-63-61-59-57-55-53-51-49-47-45-43-40-38-36-34-32-30-28-26-24-22-20-18-16-14-12-10-8-6-4-2/h6,8,12,14,18,20,24,26,30,32,36,38,43,45,49,51,55,57,61,63,80H,3-5,7,9-11,13,15-17,19,21-23,25,27-29,31,33-35,37,39-42,44,46-48,50,52-54,56,58-60,62,64-79,83H2,1-2H3,(H,86,87)/b8-6-,14-12-,20-18-,26-24-,32-30-,38-36-,45-43-,51-49-,57-55-,63-61-. The number of allylic oxidation sites excluding steroid dienone is 20. The van der Waals surface area contributed by atoms with Crippen molar-refractivity contribution in [1.29, 1.82) is 0 Å². The summed E-state index contributed by atoms with van der Waals surface area (Å²) in [6.45, 7) is 3.64. The largest absolute Gasteiger partial charge is 0.472 e. The van der Waals surface area contributed by atoms with Gasteiger partial charge in [-0.2, -0.15) is 0 Å². The number of phosphoric acid groups is 1. The van der Waals surface area contributed by atoms with E-state index in [0.717, 1.165) is 109 Å². The van der Waals surface area contributed by atoms with Gasteiger partial charge in [0.05, 0.1) is 13.2 Å². The summed E-state index contributed by atoms with van der Waals surface area (Å²) in [4.78, 5) is 35.4. The van der Waals surface area contributed by atoms with Crippen LogP contribution in [0.5, 0.6) is 0 Å². The zero-order chi connectivity index (χ0) is 66.5. The molecule has 0 saturated carbocycles. The fraction of sp³-hybridized carbons (Fsp3) is 0.732. The van der Waals surface area contributed by atoms with Gasteiger partial charge in [-0.25, -0.2) is 4.57 Å². The van der Waals surface area contributed by atoms with Gasteiger partial charge in [-0.1, -0.05) is 373 Å². The van der Waals surface area contributed by atoms with Crippen molar-refractivity contribution >= 4 is 19.8 Å². The second-order valence-electron chi connectivity index (χ2n) is 25.5. The normalized spacial score (nSPS) is 13.6. The van der Waals surface area contributed by atoms with Gasteiger partial charge >= 0.3 is 19.8 Å². The van der Waals surface area contributed by atoms with Crippen molar-refractivity contribution in [2.75, 3.05) is 26.4 Å². The average Bonchev–Trinajstić information content (AvgIpc) is 2.93. The first-order chi connectivity index (χ1) is 45.3. The maximum Gasteiger partial charge on any atom is 0.472 e. The molecule has 10 heteroatoms. The molecular formula is C82H144NO8P. The van der Waals surface area contributed by atoms with Gasteiger partial charge in [0, 0.05) is 19.4 Å². The summed E-state index contributed by atoms with van der Waals surface area (Å²) in [5.74, 6) is -0.851. The number of hydrogen-bond donors (Lipinski definition) is 2. The van der Waals surface area contributed by atoms with Gasteiger partial charge in [0.2, 0.25) is 0 Å². The molecule has 0 saturated heterocycles. The monoisotopic (exact) mass is 1300 g/mol. The van der Waals surface area contributed by atoms with Gasteiger partial charge in [0.25, 0.3) is 0 Å². The number of unbranched alkanes of at least 4 members (excludes halogenated alkanes) is 39. The van der Waals surface area contributed by atoms with Gasteiger partial charge in [0.15, 0.2) is 6.10 Å². The van der Waals surface area contributed by atoms with E-state index in [0.29, 0.717) is 6.42 Å². The third-order valence-electron chi connectivity index (χ3n) is 16.6. The Morgan fingerprint density at radius 2 is 0.598 bits per heavy atom. The van der Waals surface area contributed by atoms with E-state index < -0.39 is 26.5 Å². The van der Waals surface area contributed by atoms with Crippen molar-refractivity contribution in [2.24, 2.45) is 5.73 Å². The van der Waals surface area contributed by atoms with Gasteiger partial charge in [-0.15, -0.1) is 0 Å². The summed E-state index contributed by atoms with van der Waals surface area (Å²) in [7, 11) is -4.41. The molecule has 0 aliphatic carbocycles. The fourth-order valence-corrected chi connectivity index (χ4v) is 11.7. The molecule has 0 bridgehead atoms. The Morgan fingerprint density at radius 3 is 0.891 bits per heavy atom. The molecule has 0 fully saturated rings. The van der Waals surface area contributed by atoms with Crippen LogP contribution in [0.2, 0.25) is 0 Å². The lowest BCUT2D eigenvalue weighted by molar-refractivity contribution is -0.161. The highest BCUT2D eigenvalue weighted by atomic mass is 31.2. The molecule has 0 aromatic rings. The molecular weight excluding hydrogens is 1160 g/mol. The van der Waals surface area contributed by atoms with Crippen LogP contribution in [-0.4, -0.2) is 49.3 Å². The van der Waals surface area contributed by atoms with Gasteiger partial charge < -0.3 is 20.1 Å². The third kappa shape index (κ3) is 75.4. The molecule has 0 aliphatic heterocycles. The molecule has 92 heavy (non-hydrogen) atoms. The quantitative estimate of drug-likeness (QED) is 0.0264. The number of phosphoric ester groups is 1. The number of carbonyl (C=O) groups is 2. The van der Waals surface area contributed by atoms with Crippen molar-refractivity contribution in [1.82, 2.24) is 0 Å². The fourth-order valence-electron chi connectivity index (χ4n) is 11.0. The SMILES string of the molecule is CC/C=C\C/C=C\C/C=C\C/C=C\C/C=C\C/C=C\C/C=C\C/C=C\C/C=C\C/C=C\CCCCCCC(=O)OC(COC(=O)CCCCCCCCCCCCCCCCCCCCCCCCCCCCCCCCCCCCCC)COP(=O)(O)OCCN. The number of ether oxygens (including phenoxy) is 2. The van der Waals surface area contributed by atoms with Crippen molar-refractivity contribution in [3.63, 3.8) is 0 Å². The highest BCUT2D eigenvalue weighted by Crippen LogP contribution is 2.43. The molecule has 530 valence electrons. The topological polar surface area (TPSA) is 134 Å². The summed E-state index contributed by atoms with van der Waals surface area (Å²) in [5, 5.41) is 0. The second kappa shape index (κ2) is 76.4. The van der Waals surface area contributed by atoms with Crippen molar-refractivity contribution in [3.8, 4) is 0 Å². The summed E-state index contributed by atoms with van der Waals surface area (Å²) < 4.78 is 33.2. The minimum Gasteiger partial charge on any atom is -0.462 e. The Morgan fingerprint density at radius 1 is 0.337 bits per heavy atom. The lowest BCUT2D eigenvalue weighted by Crippen LogP contribution is -2.29. The minimum atomic E-state index is -4.41. The van der Waals surface area contributed by atoms with Gasteiger partial charge in [-0.05, 0) is 89.9 Å². The highest BCUT2D eigenvalue weighted by Gasteiger charge is 2.26. The molecule has 0 radical (unpaired) electrons. The van der Waals surface area contributed by atoms with Crippen LogP contribution in [-0.2, 0) is 32.7 Å². The van der Waals surface area contributed by atoms with Crippen LogP contribution in [0.1, 0.15) is 354 Å². The minimum absolute atomic E-state index is 0.0442. The molecule has 0 heterocycles. The van der Waals surface area contributed by atoms with Gasteiger partial charge in [-0.3, -0.25) is 18.6 Å². The zero-order valence-electron chi connectivity index (χ0n) is 59.8. The van der Waals surface area contributed by atoms with Crippen LogP contribution in [0.4, 0.5) is 0 Å². The van der Waals surface area contributed by atoms with Crippen molar-refractivity contribution in [3.05, 3.63) is 122 Å². The Hall–Kier alpha value is -3.59. The predicted octanol–water partition coefficient (Wildman–Crippen LogP) is 25.8. The summed E-state index contributed by atoms with van der Waals surface area (Å²) >= 11 is 0. The number of nitrogens with two attached hydrogens (primary N) is 1. The molecule has 0 spiro atoms. The molecule has 0 amide bonds. The maximum atomic E-state index is 12.8. The van der Waals surface area contributed by atoms with Crippen LogP contribution in [0.25, 0.3) is 0 Å². The van der Waals surface area contributed by atoms with Crippen LogP contribution in [0.3, 0.4) is 0 Å². The summed E-state index contributed by atoms with van der Waals surface area (Å²) in [6.07, 6.45) is 108. The first-order valence-electron chi connectivity index (χ1n) is 38.5. The number of rotatable bonds is 72. The third-order valence-corrected chi connectivity index (χ3v) is 17.6. The van der Waals surface area contributed by atoms with E-state index in [1.54, 1.807) is 0 Å². The molecule has 0 rings (SSSR count). The van der Waals surface area contributed by atoms with E-state index in [-0.39, 0.29) is 38.6 Å². The molecule has 3 N–H and O–H groups in total. The van der Waals surface area contributed by atoms with E-state index in [2.05, 4.69) is 135 Å². The van der Waals surface area contributed by atoms with Crippen LogP contribution >= 0.6 is 7.82 Å². The lowest BCUT2D eigenvalue weighted by atomic mass is 10.0. The molecule has 9 nitrogen and oxygen atoms in total. The number of esters is 2. The smallest absolute Gasteiger partial charge is 0.462 e. The predicted molar refractivity (Wildman–Crippen MR) is 399 cm³/mol. The van der Waals surface area contributed by atoms with Gasteiger partial charge in [0.1, 0.15) is 6.61 Å². The van der Waals surface area contributed by atoms with Crippen LogP contribution < -0.4 is 5.73 Å². The van der Waals surface area contributed by atoms with Crippen molar-refractivity contribution < 1.29 is 37.6 Å². The molecule has 2 unspecified atom stereocenters. The number of carbonyl (C=O) groups excluding carboxylic acids is 2. The average molecular weight is 1300 g/mol. The van der Waals surface area contributed by atoms with E-state index in [4.69, 9.17) is 24.3 Å². The van der Waals surface area contributed by atoms with E-state index in [1.807, 2.05) is 0 Å². The lowest BCUT2D eigenvalue weighted by Gasteiger charge is -2.19. The Kier molecular flexibility index (Phi) is 73.4. The zero-order valence-corrected chi connectivity index (χ0v) is 60.7. The molecule has 0 aromatic heterocycles. The van der Waals surface area contributed by atoms with E-state index in [1.165, 1.54) is 212 Å². The second-order valence-corrected chi connectivity index (χ2v) is 27.0. The molecule has 0 aliphatic rings. The molecule has 2 atom stereocenters. The maximum absolute atomic E-state index is 12.8.